The molecule has 0 saturated heterocycles. The zero-order chi connectivity index (χ0) is 18.0. The van der Waals surface area contributed by atoms with E-state index in [1.807, 2.05) is 31.2 Å². The Balaban J connectivity index is 1.87. The van der Waals surface area contributed by atoms with Gasteiger partial charge >= 0.3 is 5.97 Å². The monoisotopic (exact) mass is 359 g/mol. The highest BCUT2D eigenvalue weighted by Crippen LogP contribution is 2.37. The molecule has 0 saturated carbocycles. The fraction of sp³-hybridized carbons (Fsp3) is 0.400. The van der Waals surface area contributed by atoms with Gasteiger partial charge in [-0.05, 0) is 42.9 Å². The Kier molecular flexibility index (Phi) is 5.28. The first-order valence-electron chi connectivity index (χ1n) is 8.69. The SMILES string of the molecule is CCCCOC(=O)c1[nH]c2c(c1C)C(=O)C[C@@H](c1ccccc1Cl)C2. The van der Waals surface area contributed by atoms with Crippen molar-refractivity contribution in [1.29, 1.82) is 0 Å². The molecule has 1 aromatic carbocycles. The van der Waals surface area contributed by atoms with Crippen LogP contribution < -0.4 is 0 Å². The Hall–Kier alpha value is -2.07. The molecule has 3 rings (SSSR count). The molecule has 4 nitrogen and oxygen atoms in total. The standard InChI is InChI=1S/C20H22ClNO3/c1-3-4-9-25-20(24)19-12(2)18-16(22-19)10-13(11-17(18)23)14-7-5-6-8-15(14)21/h5-8,13,22H,3-4,9-11H2,1-2H3/t13-/m0/s1. The van der Waals surface area contributed by atoms with Crippen LogP contribution in [0.2, 0.25) is 5.02 Å². The van der Waals surface area contributed by atoms with Crippen LogP contribution in [0.3, 0.4) is 0 Å². The molecule has 0 spiro atoms. The summed E-state index contributed by atoms with van der Waals surface area (Å²) in [4.78, 5) is 28.1. The molecule has 2 aromatic rings. The zero-order valence-corrected chi connectivity index (χ0v) is 15.3. The number of Topliss-reactive ketones (excluding diaryl/α,β-unsaturated/α-hetero) is 1. The van der Waals surface area contributed by atoms with Gasteiger partial charge in [-0.2, -0.15) is 0 Å². The number of aromatic nitrogens is 1. The number of carbonyl (C=O) groups is 2. The molecule has 1 aromatic heterocycles. The molecule has 0 amide bonds. The summed E-state index contributed by atoms with van der Waals surface area (Å²) in [6, 6.07) is 7.61. The maximum atomic E-state index is 12.7. The number of benzene rings is 1. The van der Waals surface area contributed by atoms with Crippen molar-refractivity contribution in [1.82, 2.24) is 4.98 Å². The zero-order valence-electron chi connectivity index (χ0n) is 14.5. The van der Waals surface area contributed by atoms with E-state index < -0.39 is 0 Å². The van der Waals surface area contributed by atoms with Crippen LogP contribution in [0, 0.1) is 6.92 Å². The predicted octanol–water partition coefficient (Wildman–Crippen LogP) is 4.85. The highest BCUT2D eigenvalue weighted by Gasteiger charge is 2.32. The van der Waals surface area contributed by atoms with Gasteiger partial charge in [-0.15, -0.1) is 0 Å². The number of ether oxygens (including phenoxy) is 1. The van der Waals surface area contributed by atoms with Gasteiger partial charge in [0.05, 0.1) is 6.61 Å². The number of esters is 1. The second-order valence-electron chi connectivity index (χ2n) is 6.52. The van der Waals surface area contributed by atoms with Crippen molar-refractivity contribution in [3.8, 4) is 0 Å². The molecule has 132 valence electrons. The lowest BCUT2D eigenvalue weighted by Crippen LogP contribution is -2.18. The van der Waals surface area contributed by atoms with Crippen LogP contribution in [-0.2, 0) is 11.2 Å². The van der Waals surface area contributed by atoms with Gasteiger partial charge in [-0.1, -0.05) is 43.1 Å². The number of hydrogen-bond acceptors (Lipinski definition) is 3. The molecular weight excluding hydrogens is 338 g/mol. The van der Waals surface area contributed by atoms with Crippen molar-refractivity contribution in [2.75, 3.05) is 6.61 Å². The van der Waals surface area contributed by atoms with Gasteiger partial charge in [0.25, 0.3) is 0 Å². The number of nitrogens with one attached hydrogen (secondary N) is 1. The van der Waals surface area contributed by atoms with E-state index in [-0.39, 0.29) is 17.7 Å². The number of unbranched alkanes of at least 4 members (excludes halogenated alkanes) is 1. The smallest absolute Gasteiger partial charge is 0.355 e. The molecule has 0 radical (unpaired) electrons. The number of rotatable bonds is 5. The normalized spacial score (nSPS) is 16.6. The highest BCUT2D eigenvalue weighted by atomic mass is 35.5. The molecule has 1 heterocycles. The van der Waals surface area contributed by atoms with Crippen LogP contribution in [0.1, 0.15) is 69.8 Å². The van der Waals surface area contributed by atoms with Crippen molar-refractivity contribution in [3.63, 3.8) is 0 Å². The van der Waals surface area contributed by atoms with Crippen LogP contribution in [0.4, 0.5) is 0 Å². The molecule has 25 heavy (non-hydrogen) atoms. The molecule has 0 unspecified atom stereocenters. The lowest BCUT2D eigenvalue weighted by molar-refractivity contribution is 0.0492. The van der Waals surface area contributed by atoms with Crippen molar-refractivity contribution in [2.24, 2.45) is 0 Å². The highest BCUT2D eigenvalue weighted by molar-refractivity contribution is 6.31. The number of carbonyl (C=O) groups excluding carboxylic acids is 2. The van der Waals surface area contributed by atoms with E-state index in [0.717, 1.165) is 24.1 Å². The number of aromatic amines is 1. The molecule has 1 aliphatic carbocycles. The van der Waals surface area contributed by atoms with E-state index in [1.54, 1.807) is 6.92 Å². The van der Waals surface area contributed by atoms with Crippen LogP contribution in [0.5, 0.6) is 0 Å². The number of halogens is 1. The summed E-state index contributed by atoms with van der Waals surface area (Å²) in [6.45, 7) is 4.24. The Morgan fingerprint density at radius 1 is 1.32 bits per heavy atom. The molecule has 5 heteroatoms. The van der Waals surface area contributed by atoms with Gasteiger partial charge in [0, 0.05) is 22.7 Å². The number of fused-ring (bicyclic) bond motifs is 1. The lowest BCUT2D eigenvalue weighted by atomic mass is 9.81. The van der Waals surface area contributed by atoms with E-state index in [2.05, 4.69) is 4.98 Å². The second-order valence-corrected chi connectivity index (χ2v) is 6.93. The fourth-order valence-corrected chi connectivity index (χ4v) is 3.74. The summed E-state index contributed by atoms with van der Waals surface area (Å²) >= 11 is 6.29. The van der Waals surface area contributed by atoms with Crippen LogP contribution in [0.25, 0.3) is 0 Å². The first-order valence-corrected chi connectivity index (χ1v) is 9.06. The summed E-state index contributed by atoms with van der Waals surface area (Å²) in [5.74, 6) is -0.314. The molecular formula is C20H22ClNO3. The quantitative estimate of drug-likeness (QED) is 0.613. The first-order chi connectivity index (χ1) is 12.0. The van der Waals surface area contributed by atoms with Crippen LogP contribution >= 0.6 is 11.6 Å². The summed E-state index contributed by atoms with van der Waals surface area (Å²) in [5.41, 5.74) is 3.52. The molecule has 1 aliphatic rings. The Morgan fingerprint density at radius 2 is 2.08 bits per heavy atom. The van der Waals surface area contributed by atoms with Crippen LogP contribution in [0.15, 0.2) is 24.3 Å². The Bertz CT molecular complexity index is 809. The third-order valence-electron chi connectivity index (χ3n) is 4.77. The summed E-state index contributed by atoms with van der Waals surface area (Å²) in [6.07, 6.45) is 2.86. The van der Waals surface area contributed by atoms with Crippen molar-refractivity contribution in [3.05, 3.63) is 57.4 Å². The predicted molar refractivity (Wildman–Crippen MR) is 97.6 cm³/mol. The third-order valence-corrected chi connectivity index (χ3v) is 5.11. The second kappa shape index (κ2) is 7.44. The summed E-state index contributed by atoms with van der Waals surface area (Å²) in [5, 5.41) is 0.672. The number of H-pyrrole nitrogens is 1. The minimum atomic E-state index is -0.387. The molecule has 1 atom stereocenters. The topological polar surface area (TPSA) is 59.2 Å². The van der Waals surface area contributed by atoms with Gasteiger partial charge in [0.1, 0.15) is 5.69 Å². The van der Waals surface area contributed by atoms with Crippen molar-refractivity contribution in [2.45, 2.75) is 45.4 Å². The summed E-state index contributed by atoms with van der Waals surface area (Å²) < 4.78 is 5.29. The first kappa shape index (κ1) is 17.7. The minimum Gasteiger partial charge on any atom is -0.461 e. The van der Waals surface area contributed by atoms with E-state index in [1.165, 1.54) is 0 Å². The van der Waals surface area contributed by atoms with Gasteiger partial charge in [-0.25, -0.2) is 4.79 Å². The van der Waals surface area contributed by atoms with E-state index in [9.17, 15) is 9.59 Å². The molecule has 1 N–H and O–H groups in total. The van der Waals surface area contributed by atoms with Crippen molar-refractivity contribution >= 4 is 23.4 Å². The average Bonchev–Trinajstić information content (AvgIpc) is 2.92. The Labute approximate surface area is 152 Å². The number of hydrogen-bond donors (Lipinski definition) is 1. The van der Waals surface area contributed by atoms with Gasteiger partial charge in [0.15, 0.2) is 5.78 Å². The van der Waals surface area contributed by atoms with E-state index in [4.69, 9.17) is 16.3 Å². The van der Waals surface area contributed by atoms with Gasteiger partial charge in [-0.3, -0.25) is 4.79 Å². The summed E-state index contributed by atoms with van der Waals surface area (Å²) in [7, 11) is 0. The Morgan fingerprint density at radius 3 is 2.80 bits per heavy atom. The molecule has 0 bridgehead atoms. The number of ketones is 1. The maximum absolute atomic E-state index is 12.7. The molecule has 0 aliphatic heterocycles. The van der Waals surface area contributed by atoms with Crippen molar-refractivity contribution < 1.29 is 14.3 Å². The van der Waals surface area contributed by atoms with Crippen LogP contribution in [-0.4, -0.2) is 23.3 Å². The van der Waals surface area contributed by atoms with Gasteiger partial charge in [0.2, 0.25) is 0 Å². The third kappa shape index (κ3) is 3.49. The van der Waals surface area contributed by atoms with Gasteiger partial charge < -0.3 is 9.72 Å². The van der Waals surface area contributed by atoms with E-state index in [0.29, 0.717) is 41.3 Å². The maximum Gasteiger partial charge on any atom is 0.355 e. The lowest BCUT2D eigenvalue weighted by Gasteiger charge is -2.22. The van der Waals surface area contributed by atoms with E-state index >= 15 is 0 Å². The largest absolute Gasteiger partial charge is 0.461 e. The minimum absolute atomic E-state index is 0.0238. The fourth-order valence-electron chi connectivity index (χ4n) is 3.45. The average molecular weight is 360 g/mol. The molecule has 0 fully saturated rings.